The van der Waals surface area contributed by atoms with Crippen LogP contribution in [0, 0.1) is 11.3 Å². The summed E-state index contributed by atoms with van der Waals surface area (Å²) in [6.45, 7) is 10.7. The molecular weight excluding hydrogens is 697 g/mol. The topological polar surface area (TPSA) is 170 Å². The molecule has 0 saturated carbocycles. The maximum Gasteiger partial charge on any atom is 0.407 e. The molecule has 2 aromatic carbocycles. The number of hydrogen-bond acceptors (Lipinski definition) is 9. The van der Waals surface area contributed by atoms with Gasteiger partial charge in [0.1, 0.15) is 5.60 Å². The number of carbonyl (C=O) groups is 3. The van der Waals surface area contributed by atoms with Crippen molar-refractivity contribution < 1.29 is 27.5 Å². The summed E-state index contributed by atoms with van der Waals surface area (Å²) in [5.74, 6) is 0.630. The molecule has 15 heteroatoms. The average Bonchev–Trinajstić information content (AvgIpc) is 3.42. The van der Waals surface area contributed by atoms with Crippen molar-refractivity contribution in [1.29, 1.82) is 5.26 Å². The second-order valence-corrected chi connectivity index (χ2v) is 17.1. The summed E-state index contributed by atoms with van der Waals surface area (Å²) < 4.78 is 35.9. The summed E-state index contributed by atoms with van der Waals surface area (Å²) in [4.78, 5) is 40.4. The van der Waals surface area contributed by atoms with Crippen LogP contribution in [0.25, 0.3) is 17.0 Å². The van der Waals surface area contributed by atoms with Gasteiger partial charge in [0.2, 0.25) is 15.9 Å². The molecule has 0 unspecified atom stereocenters. The molecule has 0 aliphatic carbocycles. The van der Waals surface area contributed by atoms with Gasteiger partial charge in [0.25, 0.3) is 0 Å². The van der Waals surface area contributed by atoms with Crippen LogP contribution in [0.3, 0.4) is 0 Å². The summed E-state index contributed by atoms with van der Waals surface area (Å²) in [5, 5.41) is 20.5. The molecule has 282 valence electrons. The van der Waals surface area contributed by atoms with Crippen molar-refractivity contribution in [3.63, 3.8) is 0 Å². The van der Waals surface area contributed by atoms with E-state index in [4.69, 9.17) is 4.74 Å². The number of nitriles is 1. The van der Waals surface area contributed by atoms with Gasteiger partial charge in [0, 0.05) is 51.1 Å². The monoisotopic (exact) mass is 744 g/mol. The first-order valence-corrected chi connectivity index (χ1v) is 19.6. The maximum atomic E-state index is 13.7. The quantitative estimate of drug-likeness (QED) is 0.327. The number of anilines is 1. The highest BCUT2D eigenvalue weighted by Gasteiger charge is 2.32. The van der Waals surface area contributed by atoms with E-state index in [0.717, 1.165) is 42.4 Å². The van der Waals surface area contributed by atoms with E-state index in [1.54, 1.807) is 37.6 Å². The van der Waals surface area contributed by atoms with Crippen LogP contribution in [-0.4, -0.2) is 96.3 Å². The van der Waals surface area contributed by atoms with Crippen molar-refractivity contribution in [2.45, 2.75) is 82.3 Å². The van der Waals surface area contributed by atoms with Crippen molar-refractivity contribution in [3.05, 3.63) is 58.7 Å². The van der Waals surface area contributed by atoms with Gasteiger partial charge in [0.05, 0.1) is 22.0 Å². The highest BCUT2D eigenvalue weighted by molar-refractivity contribution is 7.89. The zero-order valence-corrected chi connectivity index (χ0v) is 31.8. The number of aromatic nitrogens is 2. The molecule has 0 spiro atoms. The van der Waals surface area contributed by atoms with E-state index >= 15 is 0 Å². The van der Waals surface area contributed by atoms with Gasteiger partial charge in [-0.3, -0.25) is 24.6 Å². The van der Waals surface area contributed by atoms with E-state index in [2.05, 4.69) is 38.8 Å². The molecule has 1 aromatic heterocycles. The summed E-state index contributed by atoms with van der Waals surface area (Å²) in [6, 6.07) is 12.5. The Morgan fingerprint density at radius 2 is 1.77 bits per heavy atom. The average molecular weight is 745 g/mol. The van der Waals surface area contributed by atoms with E-state index in [9.17, 15) is 28.1 Å². The fraction of sp³-hybridized carbons (Fsp3) is 0.500. The predicted molar refractivity (Wildman–Crippen MR) is 201 cm³/mol. The number of ether oxygens (including phenoxy) is 1. The van der Waals surface area contributed by atoms with Gasteiger partial charge in [-0.15, -0.1) is 0 Å². The first-order valence-electron chi connectivity index (χ1n) is 18.1. The maximum absolute atomic E-state index is 13.7. The molecule has 0 bridgehead atoms. The third-order valence-corrected chi connectivity index (χ3v) is 12.0. The lowest BCUT2D eigenvalue weighted by Gasteiger charge is -2.32. The Hall–Kier alpha value is -4.78. The van der Waals surface area contributed by atoms with Crippen molar-refractivity contribution in [3.8, 4) is 6.07 Å². The Balaban J connectivity index is 1.06. The minimum absolute atomic E-state index is 0.140. The predicted octanol–water partition coefficient (Wildman–Crippen LogP) is 4.85. The Kier molecular flexibility index (Phi) is 11.0. The van der Waals surface area contributed by atoms with Gasteiger partial charge in [0.15, 0.2) is 5.82 Å². The van der Waals surface area contributed by atoms with E-state index in [1.807, 2.05) is 26.1 Å². The van der Waals surface area contributed by atoms with Crippen LogP contribution in [0.5, 0.6) is 0 Å². The zero-order chi connectivity index (χ0) is 38.1. The molecule has 2 N–H and O–H groups in total. The molecule has 0 atom stereocenters. The number of carbonyl (C=O) groups excluding carboxylic acids is 3. The Labute approximate surface area is 310 Å². The molecule has 3 aliphatic rings. The van der Waals surface area contributed by atoms with Gasteiger partial charge in [-0.1, -0.05) is 17.7 Å². The molecule has 3 fully saturated rings. The lowest BCUT2D eigenvalue weighted by atomic mass is 9.88. The molecule has 53 heavy (non-hydrogen) atoms. The fourth-order valence-electron chi connectivity index (χ4n) is 7.35. The molecule has 6 rings (SSSR count). The van der Waals surface area contributed by atoms with Gasteiger partial charge in [-0.25, -0.2) is 18.0 Å². The summed E-state index contributed by atoms with van der Waals surface area (Å²) >= 11 is 0. The Bertz CT molecular complexity index is 2080. The van der Waals surface area contributed by atoms with Crippen molar-refractivity contribution in [1.82, 2.24) is 29.6 Å². The lowest BCUT2D eigenvalue weighted by Crippen LogP contribution is -2.49. The number of urea groups is 1. The first kappa shape index (κ1) is 38.0. The number of alkyl carbamates (subject to hydrolysis) is 1. The van der Waals surface area contributed by atoms with Crippen LogP contribution in [0.1, 0.15) is 82.4 Å². The first-order chi connectivity index (χ1) is 25.1. The van der Waals surface area contributed by atoms with Crippen LogP contribution in [0.2, 0.25) is 0 Å². The minimum atomic E-state index is -3.81. The standard InChI is InChI=1S/C38H48N8O6S/c1-25(20-29-21-31(8-6-28(29)23-39)53(50,51)45-17-12-30(13-18-45)40-37(49)52-38(2,3)4)24-44-15-10-26(11-16-44)27-7-9-32-33(22-27)43(5)42-35(32)46-19-14-34(47)41-36(46)48/h6-9,20-22,26,30H,10-19,24H2,1-5H3,(H,40,49)(H,41,47,48)/b25-20+. The molecule has 0 radical (unpaired) electrons. The van der Waals surface area contributed by atoms with Crippen LogP contribution >= 0.6 is 0 Å². The van der Waals surface area contributed by atoms with Gasteiger partial charge >= 0.3 is 12.1 Å². The van der Waals surface area contributed by atoms with Crippen LogP contribution in [0.15, 0.2) is 46.9 Å². The number of hydrogen-bond donors (Lipinski definition) is 2. The van der Waals surface area contributed by atoms with E-state index in [-0.39, 0.29) is 36.4 Å². The number of rotatable bonds is 8. The summed E-state index contributed by atoms with van der Waals surface area (Å²) in [5.41, 5.74) is 3.54. The van der Waals surface area contributed by atoms with Crippen molar-refractivity contribution in [2.75, 3.05) is 44.2 Å². The SMILES string of the molecule is C/C(=C\c1cc(S(=O)(=O)N2CCC(NC(=O)OC(C)(C)C)CC2)ccc1C#N)CN1CCC(c2ccc3c(N4CCC(=O)NC4=O)nn(C)c3c2)CC1. The number of amides is 4. The number of fused-ring (bicyclic) bond motifs is 1. The van der Waals surface area contributed by atoms with Gasteiger partial charge < -0.3 is 10.1 Å². The van der Waals surface area contributed by atoms with Crippen LogP contribution < -0.4 is 15.5 Å². The molecule has 4 amide bonds. The number of imide groups is 1. The highest BCUT2D eigenvalue weighted by atomic mass is 32.2. The molecule has 3 saturated heterocycles. The fourth-order valence-corrected chi connectivity index (χ4v) is 8.85. The number of aryl methyl sites for hydroxylation is 1. The number of nitrogens with zero attached hydrogens (tertiary/aromatic N) is 6. The molecule has 3 aromatic rings. The van der Waals surface area contributed by atoms with Crippen LogP contribution in [0.4, 0.5) is 15.4 Å². The van der Waals surface area contributed by atoms with Crippen molar-refractivity contribution >= 4 is 50.9 Å². The normalized spacial score (nSPS) is 18.9. The Morgan fingerprint density at radius 1 is 1.06 bits per heavy atom. The Morgan fingerprint density at radius 3 is 2.43 bits per heavy atom. The molecule has 4 heterocycles. The number of piperidine rings is 2. The smallest absolute Gasteiger partial charge is 0.407 e. The lowest BCUT2D eigenvalue weighted by molar-refractivity contribution is -0.120. The number of benzene rings is 2. The number of likely N-dealkylation sites (tertiary alicyclic amines) is 1. The van der Waals surface area contributed by atoms with E-state index in [1.165, 1.54) is 20.8 Å². The number of sulfonamides is 1. The van der Waals surface area contributed by atoms with Crippen LogP contribution in [-0.2, 0) is 26.6 Å². The second kappa shape index (κ2) is 15.3. The zero-order valence-electron chi connectivity index (χ0n) is 31.0. The van der Waals surface area contributed by atoms with Crippen molar-refractivity contribution in [2.24, 2.45) is 7.05 Å². The summed E-state index contributed by atoms with van der Waals surface area (Å²) in [6.07, 6.45) is 4.50. The highest BCUT2D eigenvalue weighted by Crippen LogP contribution is 2.34. The second-order valence-electron chi connectivity index (χ2n) is 15.2. The molecule has 14 nitrogen and oxygen atoms in total. The molecule has 3 aliphatic heterocycles. The summed E-state index contributed by atoms with van der Waals surface area (Å²) in [7, 11) is -1.95. The molecular formula is C38H48N8O6S. The number of nitrogens with one attached hydrogen (secondary N) is 2. The largest absolute Gasteiger partial charge is 0.444 e. The third kappa shape index (κ3) is 8.72. The van der Waals surface area contributed by atoms with E-state index < -0.39 is 27.7 Å². The van der Waals surface area contributed by atoms with Gasteiger partial charge in [-0.2, -0.15) is 14.7 Å². The van der Waals surface area contributed by atoms with E-state index in [0.29, 0.717) is 48.8 Å². The minimum Gasteiger partial charge on any atom is -0.444 e. The third-order valence-electron chi connectivity index (χ3n) is 10.1. The van der Waals surface area contributed by atoms with Gasteiger partial charge in [-0.05, 0) is 114 Å².